The van der Waals surface area contributed by atoms with E-state index in [9.17, 15) is 19.2 Å². The second kappa shape index (κ2) is 16.6. The van der Waals surface area contributed by atoms with Crippen LogP contribution in [0.3, 0.4) is 0 Å². The molecule has 0 aliphatic carbocycles. The Morgan fingerprint density at radius 3 is 1.40 bits per heavy atom. The Bertz CT molecular complexity index is 403. The lowest BCUT2D eigenvalue weighted by Crippen LogP contribution is -2.38. The minimum Gasteiger partial charge on any atom is -0.481 e. The molecule has 0 heterocycles. The highest BCUT2D eigenvalue weighted by Gasteiger charge is 2.18. The van der Waals surface area contributed by atoms with Gasteiger partial charge < -0.3 is 43.4 Å². The lowest BCUT2D eigenvalue weighted by molar-refractivity contribution is -0.149. The molecule has 0 rings (SSSR count). The molecule has 0 aliphatic heterocycles. The van der Waals surface area contributed by atoms with Crippen LogP contribution in [0.15, 0.2) is 0 Å². The monoisotopic (exact) mass is 368 g/mol. The number of hydrogen-bond donors (Lipinski definition) is 8. The molecule has 1 unspecified atom stereocenters. The summed E-state index contributed by atoms with van der Waals surface area (Å²) in [6.45, 7) is 2.06. The van der Waals surface area contributed by atoms with Crippen molar-refractivity contribution in [3.8, 4) is 0 Å². The van der Waals surface area contributed by atoms with Crippen molar-refractivity contribution in [1.82, 2.24) is 0 Å². The van der Waals surface area contributed by atoms with Gasteiger partial charge in [0, 0.05) is 6.42 Å². The summed E-state index contributed by atoms with van der Waals surface area (Å²) in [6.07, 6.45) is 2.40. The van der Waals surface area contributed by atoms with Gasteiger partial charge in [-0.05, 0) is 19.3 Å². The Kier molecular flexibility index (Phi) is 18.3. The molecule has 0 bridgehead atoms. The fraction of sp³-hybridized carbons (Fsp3) is 0.692. The van der Waals surface area contributed by atoms with E-state index in [1.807, 2.05) is 0 Å². The average molecular weight is 368 g/mol. The maximum Gasteiger partial charge on any atom is 0.332 e. The van der Waals surface area contributed by atoms with Crippen LogP contribution in [0, 0.1) is 0 Å². The summed E-state index contributed by atoms with van der Waals surface area (Å²) in [5.74, 6) is -5.08. The van der Waals surface area contributed by atoms with E-state index in [4.69, 9.17) is 37.6 Å². The van der Waals surface area contributed by atoms with Crippen LogP contribution in [0.4, 0.5) is 0 Å². The quantitative estimate of drug-likeness (QED) is 0.165. The zero-order valence-corrected chi connectivity index (χ0v) is 14.0. The van der Waals surface area contributed by atoms with Crippen molar-refractivity contribution >= 4 is 23.9 Å². The number of hydrogen-bond acceptors (Lipinski definition) is 8. The average Bonchev–Trinajstić information content (AvgIpc) is 2.46. The number of carboxylic acid groups (broad SMARTS) is 4. The molecular weight excluding hydrogens is 340 g/mol. The lowest BCUT2D eigenvalue weighted by Gasteiger charge is -2.02. The van der Waals surface area contributed by atoms with E-state index in [0.717, 1.165) is 12.8 Å². The van der Waals surface area contributed by atoms with E-state index < -0.39 is 36.0 Å². The molecule has 0 spiro atoms. The first-order valence-corrected chi connectivity index (χ1v) is 7.29. The molecule has 0 radical (unpaired) electrons. The van der Waals surface area contributed by atoms with Crippen molar-refractivity contribution in [3.05, 3.63) is 0 Å². The zero-order valence-electron chi connectivity index (χ0n) is 14.0. The van der Waals surface area contributed by atoms with Crippen LogP contribution in [0.5, 0.6) is 0 Å². The predicted octanol–water partition coefficient (Wildman–Crippen LogP) is -1.83. The summed E-state index contributed by atoms with van der Waals surface area (Å²) < 4.78 is 0. The maximum atomic E-state index is 10.1. The normalized spacial score (nSPS) is 10.8. The number of carboxylic acids is 4. The molecule has 25 heavy (non-hydrogen) atoms. The molecule has 0 fully saturated rings. The van der Waals surface area contributed by atoms with Gasteiger partial charge in [0.25, 0.3) is 0 Å². The smallest absolute Gasteiger partial charge is 0.332 e. The van der Waals surface area contributed by atoms with Crippen LogP contribution in [0.2, 0.25) is 0 Å². The summed E-state index contributed by atoms with van der Waals surface area (Å²) >= 11 is 0. The Morgan fingerprint density at radius 2 is 1.24 bits per heavy atom. The summed E-state index contributed by atoms with van der Waals surface area (Å²) in [7, 11) is 0. The minimum absolute atomic E-state index is 0.0268. The highest BCUT2D eigenvalue weighted by molar-refractivity contribution is 5.96. The van der Waals surface area contributed by atoms with Gasteiger partial charge in [0.05, 0.1) is 6.17 Å². The second-order valence-electron chi connectivity index (χ2n) is 4.84. The number of nitrogens with two attached hydrogens (primary N) is 4. The van der Waals surface area contributed by atoms with E-state index in [0.29, 0.717) is 6.42 Å². The molecule has 0 aliphatic rings. The van der Waals surface area contributed by atoms with E-state index in [1.54, 1.807) is 0 Å². The Morgan fingerprint density at radius 1 is 0.800 bits per heavy atom. The van der Waals surface area contributed by atoms with Crippen LogP contribution < -0.4 is 22.9 Å². The maximum absolute atomic E-state index is 10.1. The highest BCUT2D eigenvalue weighted by atomic mass is 16.4. The molecule has 0 aromatic rings. The van der Waals surface area contributed by atoms with Gasteiger partial charge in [-0.15, -0.1) is 0 Å². The first kappa shape index (κ1) is 27.6. The van der Waals surface area contributed by atoms with Crippen molar-refractivity contribution < 1.29 is 39.6 Å². The Hall–Kier alpha value is -2.28. The zero-order chi connectivity index (χ0) is 20.6. The van der Waals surface area contributed by atoms with Gasteiger partial charge in [-0.25, -0.2) is 9.59 Å². The third-order valence-electron chi connectivity index (χ3n) is 2.38. The third-order valence-corrected chi connectivity index (χ3v) is 2.38. The molecule has 12 N–H and O–H groups in total. The van der Waals surface area contributed by atoms with Crippen molar-refractivity contribution in [3.63, 3.8) is 0 Å². The third kappa shape index (κ3) is 24.1. The van der Waals surface area contributed by atoms with Crippen LogP contribution in [0.25, 0.3) is 0 Å². The largest absolute Gasteiger partial charge is 0.481 e. The second-order valence-corrected chi connectivity index (χ2v) is 4.84. The minimum atomic E-state index is -1.80. The van der Waals surface area contributed by atoms with Gasteiger partial charge in [-0.2, -0.15) is 0 Å². The number of carbonyl (C=O) groups is 4. The molecule has 12 heteroatoms. The Balaban J connectivity index is -0.000000306. The molecule has 0 amide bonds. The standard InChI is InChI=1S/C6H11NO4.C4H12N2.C3H5NO4/c7-4(6(10)11)2-1-3-5(8)9;1-2-3-4(5)6;4-1(2(5)6)3(7)8/h4H,1-3,7H2,(H,8,9)(H,10,11);4H,2-3,5-6H2,1H3;1H,4H2,(H,5,6)(H,7,8). The van der Waals surface area contributed by atoms with Crippen molar-refractivity contribution in [2.24, 2.45) is 22.9 Å². The molecular formula is C13H28N4O8. The highest BCUT2D eigenvalue weighted by Crippen LogP contribution is 1.98. The molecule has 1 atom stereocenters. The Labute approximate surface area is 144 Å². The van der Waals surface area contributed by atoms with Crippen LogP contribution in [0.1, 0.15) is 39.0 Å². The van der Waals surface area contributed by atoms with E-state index in [1.165, 1.54) is 0 Å². The van der Waals surface area contributed by atoms with Gasteiger partial charge in [0.2, 0.25) is 6.04 Å². The molecule has 0 saturated carbocycles. The predicted molar refractivity (Wildman–Crippen MR) is 87.4 cm³/mol. The van der Waals surface area contributed by atoms with Gasteiger partial charge in [0.1, 0.15) is 6.04 Å². The van der Waals surface area contributed by atoms with E-state index in [2.05, 4.69) is 12.7 Å². The van der Waals surface area contributed by atoms with Crippen molar-refractivity contribution in [1.29, 1.82) is 0 Å². The summed E-state index contributed by atoms with van der Waals surface area (Å²) in [5.41, 5.74) is 20.0. The first-order chi connectivity index (χ1) is 11.4. The van der Waals surface area contributed by atoms with Crippen LogP contribution >= 0.6 is 0 Å². The molecule has 12 nitrogen and oxygen atoms in total. The molecule has 0 aromatic carbocycles. The van der Waals surface area contributed by atoms with Gasteiger partial charge >= 0.3 is 23.9 Å². The molecule has 0 saturated heterocycles. The number of aliphatic carboxylic acids is 4. The first-order valence-electron chi connectivity index (χ1n) is 7.29. The topological polar surface area (TPSA) is 253 Å². The number of rotatable bonds is 9. The fourth-order valence-corrected chi connectivity index (χ4v) is 1.04. The van der Waals surface area contributed by atoms with Crippen molar-refractivity contribution in [2.45, 2.75) is 57.3 Å². The SMILES string of the molecule is CCCC(N)N.NC(C(=O)O)C(=O)O.NC(CCCC(=O)O)C(=O)O. The summed E-state index contributed by atoms with van der Waals surface area (Å²) in [4.78, 5) is 39.3. The van der Waals surface area contributed by atoms with E-state index >= 15 is 0 Å². The molecule has 148 valence electrons. The van der Waals surface area contributed by atoms with Crippen LogP contribution in [-0.4, -0.2) is 62.6 Å². The van der Waals surface area contributed by atoms with Crippen LogP contribution in [-0.2, 0) is 19.2 Å². The summed E-state index contributed by atoms with van der Waals surface area (Å²) in [5, 5.41) is 32.1. The van der Waals surface area contributed by atoms with Crippen molar-refractivity contribution in [2.75, 3.05) is 0 Å². The van der Waals surface area contributed by atoms with E-state index in [-0.39, 0.29) is 19.0 Å². The van der Waals surface area contributed by atoms with Gasteiger partial charge in [-0.3, -0.25) is 9.59 Å². The van der Waals surface area contributed by atoms with Gasteiger partial charge in [-0.1, -0.05) is 13.3 Å². The van der Waals surface area contributed by atoms with Gasteiger partial charge in [0.15, 0.2) is 0 Å². The fourth-order valence-electron chi connectivity index (χ4n) is 1.04. The lowest BCUT2D eigenvalue weighted by atomic mass is 10.1. The molecule has 0 aromatic heterocycles. The summed E-state index contributed by atoms with van der Waals surface area (Å²) in [6, 6.07) is -2.73.